The molecule has 0 aliphatic heterocycles. The third kappa shape index (κ3) is 4.09. The van der Waals surface area contributed by atoms with E-state index in [4.69, 9.17) is 22.1 Å². The Balaban J connectivity index is 2.36. The van der Waals surface area contributed by atoms with E-state index >= 15 is 0 Å². The Morgan fingerprint density at radius 1 is 1.33 bits per heavy atom. The topological polar surface area (TPSA) is 51.4 Å². The van der Waals surface area contributed by atoms with Gasteiger partial charge in [-0.1, -0.05) is 11.6 Å². The van der Waals surface area contributed by atoms with Crippen molar-refractivity contribution in [3.05, 3.63) is 46.0 Å². The summed E-state index contributed by atoms with van der Waals surface area (Å²) in [5.41, 5.74) is 6.67. The maximum atomic E-state index is 5.96. The van der Waals surface area contributed by atoms with Gasteiger partial charge in [-0.15, -0.1) is 0 Å². The van der Waals surface area contributed by atoms with Crippen molar-refractivity contribution >= 4 is 39.0 Å². The molecular formula is C15H17BrClN3O. The van der Waals surface area contributed by atoms with E-state index in [0.29, 0.717) is 11.6 Å². The van der Waals surface area contributed by atoms with Crippen LogP contribution in [0.25, 0.3) is 0 Å². The first-order chi connectivity index (χ1) is 10.2. The van der Waals surface area contributed by atoms with Crippen LogP contribution in [-0.2, 0) is 0 Å². The first kappa shape index (κ1) is 16.1. The lowest BCUT2D eigenvalue weighted by Crippen LogP contribution is -2.22. The van der Waals surface area contributed by atoms with Crippen LogP contribution in [0.15, 0.2) is 41.0 Å². The molecule has 2 rings (SSSR count). The Morgan fingerprint density at radius 2 is 2.05 bits per heavy atom. The van der Waals surface area contributed by atoms with Crippen LogP contribution in [0.5, 0.6) is 5.75 Å². The lowest BCUT2D eigenvalue weighted by molar-refractivity contribution is 0.415. The second kappa shape index (κ2) is 7.64. The van der Waals surface area contributed by atoms with Gasteiger partial charge in [0.1, 0.15) is 11.6 Å². The highest BCUT2D eigenvalue weighted by Crippen LogP contribution is 2.32. The Labute approximate surface area is 138 Å². The van der Waals surface area contributed by atoms with Gasteiger partial charge in [-0.25, -0.2) is 4.98 Å². The van der Waals surface area contributed by atoms with E-state index < -0.39 is 0 Å². The standard InChI is InChI=1S/C15H17BrClN3O/c1-21-13-5-3-12(4-6-13)20(8-2-7-18)15-14(16)9-11(17)10-19-15/h3-6,9-10H,2,7-8,18H2,1H3. The fourth-order valence-electron chi connectivity index (χ4n) is 1.97. The zero-order valence-electron chi connectivity index (χ0n) is 11.7. The molecule has 0 amide bonds. The van der Waals surface area contributed by atoms with Gasteiger partial charge >= 0.3 is 0 Å². The van der Waals surface area contributed by atoms with Gasteiger partial charge in [0, 0.05) is 18.4 Å². The van der Waals surface area contributed by atoms with Gasteiger partial charge in [0.05, 0.1) is 16.6 Å². The number of halogens is 2. The molecule has 0 aliphatic carbocycles. The molecule has 0 bridgehead atoms. The number of ether oxygens (including phenoxy) is 1. The summed E-state index contributed by atoms with van der Waals surface area (Å²) in [7, 11) is 1.65. The minimum atomic E-state index is 0.596. The van der Waals surface area contributed by atoms with Gasteiger partial charge in [-0.3, -0.25) is 0 Å². The van der Waals surface area contributed by atoms with Crippen LogP contribution in [0, 0.1) is 0 Å². The van der Waals surface area contributed by atoms with Gasteiger partial charge in [0.15, 0.2) is 0 Å². The second-order valence-corrected chi connectivity index (χ2v) is 5.74. The van der Waals surface area contributed by atoms with Gasteiger partial charge < -0.3 is 15.4 Å². The average Bonchev–Trinajstić information content (AvgIpc) is 2.50. The molecule has 0 fully saturated rings. The summed E-state index contributed by atoms with van der Waals surface area (Å²) in [5, 5.41) is 0.596. The summed E-state index contributed by atoms with van der Waals surface area (Å²) < 4.78 is 6.04. The number of rotatable bonds is 6. The molecule has 0 saturated carbocycles. The van der Waals surface area contributed by atoms with Gasteiger partial charge in [-0.2, -0.15) is 0 Å². The van der Waals surface area contributed by atoms with Crippen LogP contribution < -0.4 is 15.4 Å². The second-order valence-electron chi connectivity index (χ2n) is 4.45. The van der Waals surface area contributed by atoms with Crippen LogP contribution in [0.1, 0.15) is 6.42 Å². The van der Waals surface area contributed by atoms with Gasteiger partial charge in [0.25, 0.3) is 0 Å². The van der Waals surface area contributed by atoms with Crippen molar-refractivity contribution in [2.45, 2.75) is 6.42 Å². The number of hydrogen-bond donors (Lipinski definition) is 1. The van der Waals surface area contributed by atoms with Crippen molar-refractivity contribution in [3.63, 3.8) is 0 Å². The van der Waals surface area contributed by atoms with Crippen molar-refractivity contribution in [1.29, 1.82) is 0 Å². The molecule has 0 spiro atoms. The molecule has 1 heterocycles. The lowest BCUT2D eigenvalue weighted by Gasteiger charge is -2.25. The smallest absolute Gasteiger partial charge is 0.147 e. The minimum absolute atomic E-state index is 0.596. The average molecular weight is 371 g/mol. The molecule has 0 saturated heterocycles. The molecule has 2 N–H and O–H groups in total. The Morgan fingerprint density at radius 3 is 2.62 bits per heavy atom. The zero-order chi connectivity index (χ0) is 15.2. The number of nitrogens with two attached hydrogens (primary N) is 1. The first-order valence-corrected chi connectivity index (χ1v) is 7.75. The van der Waals surface area contributed by atoms with Crippen molar-refractivity contribution < 1.29 is 4.74 Å². The summed E-state index contributed by atoms with van der Waals surface area (Å²) in [6.45, 7) is 1.40. The molecule has 4 nitrogen and oxygen atoms in total. The highest BCUT2D eigenvalue weighted by atomic mass is 79.9. The molecule has 112 valence electrons. The normalized spacial score (nSPS) is 10.5. The SMILES string of the molecule is COc1ccc(N(CCCN)c2ncc(Cl)cc2Br)cc1. The van der Waals surface area contributed by atoms with Gasteiger partial charge in [-0.05, 0) is 59.2 Å². The van der Waals surface area contributed by atoms with Crippen molar-refractivity contribution in [2.75, 3.05) is 25.1 Å². The third-order valence-electron chi connectivity index (χ3n) is 3.01. The highest BCUT2D eigenvalue weighted by molar-refractivity contribution is 9.10. The van der Waals surface area contributed by atoms with E-state index in [1.165, 1.54) is 0 Å². The quantitative estimate of drug-likeness (QED) is 0.835. The summed E-state index contributed by atoms with van der Waals surface area (Å²) in [6.07, 6.45) is 2.50. The van der Waals surface area contributed by atoms with Gasteiger partial charge in [0.2, 0.25) is 0 Å². The Bertz CT molecular complexity index is 592. The van der Waals surface area contributed by atoms with E-state index in [2.05, 4.69) is 25.8 Å². The van der Waals surface area contributed by atoms with Crippen LogP contribution >= 0.6 is 27.5 Å². The summed E-state index contributed by atoms with van der Waals surface area (Å²) in [4.78, 5) is 6.53. The molecule has 0 atom stereocenters. The molecule has 0 unspecified atom stereocenters. The van der Waals surface area contributed by atoms with E-state index in [-0.39, 0.29) is 0 Å². The number of pyridine rings is 1. The molecule has 1 aromatic carbocycles. The predicted molar refractivity (Wildman–Crippen MR) is 90.6 cm³/mol. The number of anilines is 2. The van der Waals surface area contributed by atoms with Crippen molar-refractivity contribution in [1.82, 2.24) is 4.98 Å². The summed E-state index contributed by atoms with van der Waals surface area (Å²) >= 11 is 9.48. The minimum Gasteiger partial charge on any atom is -0.497 e. The monoisotopic (exact) mass is 369 g/mol. The maximum absolute atomic E-state index is 5.96. The molecule has 0 radical (unpaired) electrons. The third-order valence-corrected chi connectivity index (χ3v) is 3.80. The molecule has 21 heavy (non-hydrogen) atoms. The number of hydrogen-bond acceptors (Lipinski definition) is 4. The fourth-order valence-corrected chi connectivity index (χ4v) is 2.83. The first-order valence-electron chi connectivity index (χ1n) is 6.58. The van der Waals surface area contributed by atoms with Crippen LogP contribution in [0.2, 0.25) is 5.02 Å². The van der Waals surface area contributed by atoms with Crippen molar-refractivity contribution in [2.24, 2.45) is 5.73 Å². The van der Waals surface area contributed by atoms with Crippen LogP contribution in [-0.4, -0.2) is 25.2 Å². The molecule has 1 aromatic heterocycles. The number of aromatic nitrogens is 1. The van der Waals surface area contributed by atoms with Crippen molar-refractivity contribution in [3.8, 4) is 5.75 Å². The van der Waals surface area contributed by atoms with Crippen LogP contribution in [0.4, 0.5) is 11.5 Å². The molecule has 0 aliphatic rings. The lowest BCUT2D eigenvalue weighted by atomic mass is 10.2. The predicted octanol–water partition coefficient (Wildman–Crippen LogP) is 3.99. The van der Waals surface area contributed by atoms with E-state index in [9.17, 15) is 0 Å². The fraction of sp³-hybridized carbons (Fsp3) is 0.267. The number of benzene rings is 1. The number of methoxy groups -OCH3 is 1. The maximum Gasteiger partial charge on any atom is 0.147 e. The Hall–Kier alpha value is -1.30. The highest BCUT2D eigenvalue weighted by Gasteiger charge is 2.14. The van der Waals surface area contributed by atoms with E-state index in [1.807, 2.05) is 30.3 Å². The van der Waals surface area contributed by atoms with E-state index in [1.54, 1.807) is 13.3 Å². The summed E-state index contributed by atoms with van der Waals surface area (Å²) in [5.74, 6) is 1.64. The van der Waals surface area contributed by atoms with Crippen LogP contribution in [0.3, 0.4) is 0 Å². The zero-order valence-corrected chi connectivity index (χ0v) is 14.1. The summed E-state index contributed by atoms with van der Waals surface area (Å²) in [6, 6.07) is 9.68. The van der Waals surface area contributed by atoms with E-state index in [0.717, 1.165) is 34.7 Å². The molecule has 2 aromatic rings. The largest absolute Gasteiger partial charge is 0.497 e. The molecular weight excluding hydrogens is 354 g/mol. The molecule has 6 heteroatoms. The Kier molecular flexibility index (Phi) is 5.85. The number of nitrogens with zero attached hydrogens (tertiary/aromatic N) is 2.